The summed E-state index contributed by atoms with van der Waals surface area (Å²) in [6.45, 7) is 4.89. The second kappa shape index (κ2) is 7.43. The Kier molecular flexibility index (Phi) is 5.59. The molecule has 1 aromatic rings. The van der Waals surface area contributed by atoms with Crippen molar-refractivity contribution in [3.8, 4) is 0 Å². The van der Waals surface area contributed by atoms with Gasteiger partial charge in [-0.25, -0.2) is 4.79 Å². The fourth-order valence-electron chi connectivity index (χ4n) is 2.14. The standard InChI is InChI=1S/C16H24N2O3/c1-12(2)21-11-13-4-3-5-14(10-13)17-16(20)18(8-9-19)15-6-7-15/h3-5,10,12,15,19H,6-9,11H2,1-2H3,(H,17,20). The summed E-state index contributed by atoms with van der Waals surface area (Å²) in [5, 5.41) is 12.0. The Bertz CT molecular complexity index is 472. The van der Waals surface area contributed by atoms with Crippen molar-refractivity contribution >= 4 is 11.7 Å². The summed E-state index contributed by atoms with van der Waals surface area (Å²) in [6, 6.07) is 7.80. The van der Waals surface area contributed by atoms with E-state index in [-0.39, 0.29) is 24.8 Å². The number of hydrogen-bond donors (Lipinski definition) is 2. The summed E-state index contributed by atoms with van der Waals surface area (Å²) in [5.41, 5.74) is 1.79. The number of ether oxygens (including phenoxy) is 1. The molecule has 21 heavy (non-hydrogen) atoms. The molecule has 0 saturated heterocycles. The minimum atomic E-state index is -0.145. The lowest BCUT2D eigenvalue weighted by Gasteiger charge is -2.22. The van der Waals surface area contributed by atoms with Crippen LogP contribution < -0.4 is 5.32 Å². The van der Waals surface area contributed by atoms with E-state index in [0.29, 0.717) is 13.2 Å². The van der Waals surface area contributed by atoms with Crippen LogP contribution >= 0.6 is 0 Å². The van der Waals surface area contributed by atoms with Crippen LogP contribution in [0.15, 0.2) is 24.3 Å². The predicted octanol–water partition coefficient (Wildman–Crippen LogP) is 2.60. The lowest BCUT2D eigenvalue weighted by atomic mass is 10.2. The van der Waals surface area contributed by atoms with Crippen molar-refractivity contribution in [2.75, 3.05) is 18.5 Å². The van der Waals surface area contributed by atoms with Crippen molar-refractivity contribution in [1.82, 2.24) is 4.90 Å². The minimum absolute atomic E-state index is 0.00775. The second-order valence-electron chi connectivity index (χ2n) is 5.64. The number of rotatable bonds is 7. The maximum Gasteiger partial charge on any atom is 0.322 e. The van der Waals surface area contributed by atoms with Gasteiger partial charge in [0.2, 0.25) is 0 Å². The van der Waals surface area contributed by atoms with Gasteiger partial charge in [0.05, 0.1) is 19.3 Å². The molecule has 0 heterocycles. The third kappa shape index (κ3) is 5.02. The summed E-state index contributed by atoms with van der Waals surface area (Å²) in [6.07, 6.45) is 2.23. The number of aliphatic hydroxyl groups is 1. The van der Waals surface area contributed by atoms with Gasteiger partial charge in [0, 0.05) is 18.3 Å². The molecule has 0 unspecified atom stereocenters. The van der Waals surface area contributed by atoms with E-state index in [2.05, 4.69) is 5.32 Å². The third-order valence-corrected chi connectivity index (χ3v) is 3.35. The van der Waals surface area contributed by atoms with Crippen LogP contribution in [0.1, 0.15) is 32.3 Å². The van der Waals surface area contributed by atoms with Crippen molar-refractivity contribution in [3.63, 3.8) is 0 Å². The van der Waals surface area contributed by atoms with Crippen LogP contribution in [0.5, 0.6) is 0 Å². The number of amides is 2. The molecule has 1 saturated carbocycles. The Morgan fingerprint density at radius 1 is 1.48 bits per heavy atom. The number of urea groups is 1. The second-order valence-corrected chi connectivity index (χ2v) is 5.64. The molecule has 0 aliphatic heterocycles. The highest BCUT2D eigenvalue weighted by atomic mass is 16.5. The summed E-state index contributed by atoms with van der Waals surface area (Å²) >= 11 is 0. The van der Waals surface area contributed by atoms with Gasteiger partial charge in [-0.05, 0) is 44.4 Å². The number of nitrogens with zero attached hydrogens (tertiary/aromatic N) is 1. The zero-order valence-electron chi connectivity index (χ0n) is 12.7. The monoisotopic (exact) mass is 292 g/mol. The zero-order chi connectivity index (χ0) is 15.2. The topological polar surface area (TPSA) is 61.8 Å². The molecule has 1 aliphatic carbocycles. The Balaban J connectivity index is 1.94. The summed E-state index contributed by atoms with van der Waals surface area (Å²) in [5.74, 6) is 0. The summed E-state index contributed by atoms with van der Waals surface area (Å²) in [7, 11) is 0. The average molecular weight is 292 g/mol. The van der Waals surface area contributed by atoms with Crippen LogP contribution in [-0.2, 0) is 11.3 Å². The first kappa shape index (κ1) is 15.8. The van der Waals surface area contributed by atoms with Gasteiger partial charge in [0.25, 0.3) is 0 Å². The lowest BCUT2D eigenvalue weighted by Crippen LogP contribution is -2.38. The van der Waals surface area contributed by atoms with Crippen molar-refractivity contribution < 1.29 is 14.6 Å². The molecule has 5 nitrogen and oxygen atoms in total. The molecule has 2 amide bonds. The average Bonchev–Trinajstić information content (AvgIpc) is 3.27. The highest BCUT2D eigenvalue weighted by Gasteiger charge is 2.32. The van der Waals surface area contributed by atoms with Crippen LogP contribution in [0, 0.1) is 0 Å². The van der Waals surface area contributed by atoms with E-state index in [4.69, 9.17) is 9.84 Å². The van der Waals surface area contributed by atoms with E-state index in [1.807, 2.05) is 38.1 Å². The molecular weight excluding hydrogens is 268 g/mol. The Morgan fingerprint density at radius 3 is 2.86 bits per heavy atom. The Morgan fingerprint density at radius 2 is 2.24 bits per heavy atom. The zero-order valence-corrected chi connectivity index (χ0v) is 12.7. The fraction of sp³-hybridized carbons (Fsp3) is 0.562. The quantitative estimate of drug-likeness (QED) is 0.812. The van der Waals surface area contributed by atoms with E-state index < -0.39 is 0 Å². The smallest absolute Gasteiger partial charge is 0.322 e. The lowest BCUT2D eigenvalue weighted by molar-refractivity contribution is 0.0657. The Hall–Kier alpha value is -1.59. The van der Waals surface area contributed by atoms with Crippen LogP contribution in [0.4, 0.5) is 10.5 Å². The third-order valence-electron chi connectivity index (χ3n) is 3.35. The molecule has 0 radical (unpaired) electrons. The van der Waals surface area contributed by atoms with E-state index in [1.54, 1.807) is 4.90 Å². The van der Waals surface area contributed by atoms with Crippen LogP contribution in [0.3, 0.4) is 0 Å². The van der Waals surface area contributed by atoms with Crippen LogP contribution in [-0.4, -0.2) is 41.3 Å². The molecule has 2 rings (SSSR count). The van der Waals surface area contributed by atoms with Crippen LogP contribution in [0.2, 0.25) is 0 Å². The SMILES string of the molecule is CC(C)OCc1cccc(NC(=O)N(CCO)C2CC2)c1. The maximum atomic E-state index is 12.2. The fourth-order valence-corrected chi connectivity index (χ4v) is 2.14. The highest BCUT2D eigenvalue weighted by Crippen LogP contribution is 2.27. The van der Waals surface area contributed by atoms with Gasteiger partial charge in [-0.15, -0.1) is 0 Å². The first-order valence-corrected chi connectivity index (χ1v) is 7.49. The van der Waals surface area contributed by atoms with Gasteiger partial charge in [0.1, 0.15) is 0 Å². The number of nitrogens with one attached hydrogen (secondary N) is 1. The van der Waals surface area contributed by atoms with Crippen molar-refractivity contribution in [1.29, 1.82) is 0 Å². The molecule has 1 fully saturated rings. The van der Waals surface area contributed by atoms with E-state index >= 15 is 0 Å². The number of anilines is 1. The molecule has 0 bridgehead atoms. The largest absolute Gasteiger partial charge is 0.395 e. The van der Waals surface area contributed by atoms with Crippen molar-refractivity contribution in [2.24, 2.45) is 0 Å². The minimum Gasteiger partial charge on any atom is -0.395 e. The number of benzene rings is 1. The highest BCUT2D eigenvalue weighted by molar-refractivity contribution is 5.89. The molecule has 2 N–H and O–H groups in total. The number of aliphatic hydroxyl groups excluding tert-OH is 1. The number of carbonyl (C=O) groups is 1. The normalized spacial score (nSPS) is 14.3. The van der Waals surface area contributed by atoms with Gasteiger partial charge in [-0.3, -0.25) is 0 Å². The van der Waals surface area contributed by atoms with Gasteiger partial charge < -0.3 is 20.1 Å². The van der Waals surface area contributed by atoms with Crippen molar-refractivity contribution in [2.45, 2.75) is 45.4 Å². The molecule has 116 valence electrons. The molecule has 0 atom stereocenters. The number of hydrogen-bond acceptors (Lipinski definition) is 3. The van der Waals surface area contributed by atoms with Gasteiger partial charge in [0.15, 0.2) is 0 Å². The molecule has 0 aromatic heterocycles. The van der Waals surface area contributed by atoms with E-state index in [0.717, 1.165) is 24.1 Å². The number of carbonyl (C=O) groups excluding carboxylic acids is 1. The summed E-state index contributed by atoms with van der Waals surface area (Å²) < 4.78 is 5.57. The summed E-state index contributed by atoms with van der Waals surface area (Å²) in [4.78, 5) is 13.9. The maximum absolute atomic E-state index is 12.2. The van der Waals surface area contributed by atoms with Gasteiger partial charge >= 0.3 is 6.03 Å². The predicted molar refractivity (Wildman–Crippen MR) is 82.2 cm³/mol. The van der Waals surface area contributed by atoms with Crippen molar-refractivity contribution in [3.05, 3.63) is 29.8 Å². The molecule has 0 spiro atoms. The van der Waals surface area contributed by atoms with E-state index in [1.165, 1.54) is 0 Å². The molecule has 5 heteroatoms. The van der Waals surface area contributed by atoms with Gasteiger partial charge in [-0.1, -0.05) is 12.1 Å². The first-order chi connectivity index (χ1) is 10.1. The van der Waals surface area contributed by atoms with E-state index in [9.17, 15) is 4.79 Å². The first-order valence-electron chi connectivity index (χ1n) is 7.49. The molecular formula is C16H24N2O3. The molecule has 1 aliphatic rings. The van der Waals surface area contributed by atoms with Crippen LogP contribution in [0.25, 0.3) is 0 Å². The molecule has 1 aromatic carbocycles. The Labute approximate surface area is 125 Å². The van der Waals surface area contributed by atoms with Gasteiger partial charge in [-0.2, -0.15) is 0 Å².